The van der Waals surface area contributed by atoms with Crippen molar-refractivity contribution in [2.45, 2.75) is 71.2 Å². The Hall–Kier alpha value is -0.160. The summed E-state index contributed by atoms with van der Waals surface area (Å²) in [6.07, 6.45) is -0.970. The van der Waals surface area contributed by atoms with Gasteiger partial charge in [0.15, 0.2) is 0 Å². The Labute approximate surface area is 97.9 Å². The number of hydrogen-bond donors (Lipinski definition) is 1. The van der Waals surface area contributed by atoms with E-state index in [1.807, 2.05) is 34.6 Å². The molecule has 0 aromatic rings. The lowest BCUT2D eigenvalue weighted by molar-refractivity contribution is -0.0940. The number of rotatable bonds is 5. The van der Waals surface area contributed by atoms with E-state index in [4.69, 9.17) is 14.2 Å². The van der Waals surface area contributed by atoms with E-state index in [-0.39, 0.29) is 30.5 Å². The molecule has 0 amide bonds. The maximum Gasteiger partial charge on any atom is 0.115 e. The van der Waals surface area contributed by atoms with Crippen LogP contribution >= 0.6 is 0 Å². The van der Waals surface area contributed by atoms with Gasteiger partial charge in [-0.05, 0) is 34.6 Å². The van der Waals surface area contributed by atoms with E-state index < -0.39 is 6.10 Å². The first kappa shape index (κ1) is 13.9. The molecule has 1 saturated heterocycles. The molecule has 0 radical (unpaired) electrons. The van der Waals surface area contributed by atoms with Crippen LogP contribution in [0.5, 0.6) is 0 Å². The summed E-state index contributed by atoms with van der Waals surface area (Å²) in [5.41, 5.74) is 0. The van der Waals surface area contributed by atoms with Gasteiger partial charge in [-0.2, -0.15) is 0 Å². The molecule has 16 heavy (non-hydrogen) atoms. The van der Waals surface area contributed by atoms with Crippen LogP contribution in [-0.2, 0) is 14.2 Å². The lowest BCUT2D eigenvalue weighted by Crippen LogP contribution is -2.38. The van der Waals surface area contributed by atoms with Crippen molar-refractivity contribution in [2.24, 2.45) is 0 Å². The third-order valence-electron chi connectivity index (χ3n) is 2.60. The number of ether oxygens (including phenoxy) is 3. The molecule has 4 nitrogen and oxygen atoms in total. The predicted octanol–water partition coefficient (Wildman–Crippen LogP) is 1.35. The normalized spacial score (nSPS) is 35.2. The van der Waals surface area contributed by atoms with E-state index in [0.29, 0.717) is 6.61 Å². The van der Waals surface area contributed by atoms with Crippen LogP contribution in [0.15, 0.2) is 0 Å². The van der Waals surface area contributed by atoms with Crippen molar-refractivity contribution in [3.05, 3.63) is 0 Å². The van der Waals surface area contributed by atoms with E-state index >= 15 is 0 Å². The number of aliphatic hydroxyl groups is 1. The van der Waals surface area contributed by atoms with Gasteiger partial charge in [-0.25, -0.2) is 0 Å². The Balaban J connectivity index is 2.52. The molecule has 1 unspecified atom stereocenters. The SMILES string of the molecule is CC(C)OC[C@H]1O[C@@H](C)[C@@H](O)C1OC(C)C. The van der Waals surface area contributed by atoms with Crippen LogP contribution in [0.25, 0.3) is 0 Å². The van der Waals surface area contributed by atoms with Crippen LogP contribution in [0.2, 0.25) is 0 Å². The average Bonchev–Trinajstić information content (AvgIpc) is 2.42. The zero-order chi connectivity index (χ0) is 12.3. The molecular formula is C12H24O4. The molecule has 0 aromatic carbocycles. The van der Waals surface area contributed by atoms with Crippen LogP contribution in [0.1, 0.15) is 34.6 Å². The van der Waals surface area contributed by atoms with Crippen molar-refractivity contribution in [1.82, 2.24) is 0 Å². The molecular weight excluding hydrogens is 208 g/mol. The number of aliphatic hydroxyl groups excluding tert-OH is 1. The van der Waals surface area contributed by atoms with Crippen molar-refractivity contribution in [3.63, 3.8) is 0 Å². The summed E-state index contributed by atoms with van der Waals surface area (Å²) >= 11 is 0. The third-order valence-corrected chi connectivity index (χ3v) is 2.60. The Bertz CT molecular complexity index is 205. The summed E-state index contributed by atoms with van der Waals surface area (Å²) in [6.45, 7) is 10.2. The van der Waals surface area contributed by atoms with Crippen molar-refractivity contribution in [3.8, 4) is 0 Å². The summed E-state index contributed by atoms with van der Waals surface area (Å²) in [5.74, 6) is 0. The molecule has 4 heteroatoms. The molecule has 1 N–H and O–H groups in total. The van der Waals surface area contributed by atoms with Gasteiger partial charge in [0.1, 0.15) is 18.3 Å². The van der Waals surface area contributed by atoms with Crippen LogP contribution in [-0.4, -0.2) is 48.3 Å². The van der Waals surface area contributed by atoms with Crippen molar-refractivity contribution >= 4 is 0 Å². The Morgan fingerprint density at radius 2 is 1.81 bits per heavy atom. The summed E-state index contributed by atoms with van der Waals surface area (Å²) < 4.78 is 16.8. The zero-order valence-electron chi connectivity index (χ0n) is 10.8. The minimum Gasteiger partial charge on any atom is -0.388 e. The first-order valence-electron chi connectivity index (χ1n) is 6.02. The van der Waals surface area contributed by atoms with Crippen LogP contribution < -0.4 is 0 Å². The molecule has 4 atom stereocenters. The minimum atomic E-state index is -0.567. The van der Waals surface area contributed by atoms with Crippen molar-refractivity contribution in [1.29, 1.82) is 0 Å². The second kappa shape index (κ2) is 5.96. The first-order chi connectivity index (χ1) is 7.41. The first-order valence-corrected chi connectivity index (χ1v) is 6.02. The molecule has 1 heterocycles. The second-order valence-electron chi connectivity index (χ2n) is 4.90. The van der Waals surface area contributed by atoms with Crippen molar-refractivity contribution in [2.75, 3.05) is 6.61 Å². The summed E-state index contributed by atoms with van der Waals surface area (Å²) in [4.78, 5) is 0. The van der Waals surface area contributed by atoms with Gasteiger partial charge in [-0.1, -0.05) is 0 Å². The van der Waals surface area contributed by atoms with Gasteiger partial charge >= 0.3 is 0 Å². The molecule has 0 bridgehead atoms. The highest BCUT2D eigenvalue weighted by Gasteiger charge is 2.42. The molecule has 1 aliphatic heterocycles. The van der Waals surface area contributed by atoms with Gasteiger partial charge in [0.25, 0.3) is 0 Å². The van der Waals surface area contributed by atoms with E-state index in [2.05, 4.69) is 0 Å². The summed E-state index contributed by atoms with van der Waals surface area (Å²) in [7, 11) is 0. The third kappa shape index (κ3) is 3.70. The van der Waals surface area contributed by atoms with Crippen LogP contribution in [0.3, 0.4) is 0 Å². The molecule has 0 aliphatic carbocycles. The highest BCUT2D eigenvalue weighted by molar-refractivity contribution is 4.90. The van der Waals surface area contributed by atoms with E-state index in [1.54, 1.807) is 0 Å². The van der Waals surface area contributed by atoms with Crippen LogP contribution in [0, 0.1) is 0 Å². The highest BCUT2D eigenvalue weighted by atomic mass is 16.6. The highest BCUT2D eigenvalue weighted by Crippen LogP contribution is 2.25. The summed E-state index contributed by atoms with van der Waals surface area (Å²) in [5, 5.41) is 9.94. The maximum absolute atomic E-state index is 9.94. The topological polar surface area (TPSA) is 47.9 Å². The number of hydrogen-bond acceptors (Lipinski definition) is 4. The Morgan fingerprint density at radius 1 is 1.19 bits per heavy atom. The van der Waals surface area contributed by atoms with E-state index in [0.717, 1.165) is 0 Å². The average molecular weight is 232 g/mol. The largest absolute Gasteiger partial charge is 0.388 e. The second-order valence-corrected chi connectivity index (χ2v) is 4.90. The van der Waals surface area contributed by atoms with Crippen LogP contribution in [0.4, 0.5) is 0 Å². The van der Waals surface area contributed by atoms with Gasteiger partial charge in [-0.3, -0.25) is 0 Å². The lowest BCUT2D eigenvalue weighted by Gasteiger charge is -2.23. The molecule has 0 spiro atoms. The fraction of sp³-hybridized carbons (Fsp3) is 1.00. The summed E-state index contributed by atoms with van der Waals surface area (Å²) in [6, 6.07) is 0. The smallest absolute Gasteiger partial charge is 0.115 e. The fourth-order valence-electron chi connectivity index (χ4n) is 1.82. The zero-order valence-corrected chi connectivity index (χ0v) is 10.8. The Kier molecular flexibility index (Phi) is 5.18. The Morgan fingerprint density at radius 3 is 2.31 bits per heavy atom. The van der Waals surface area contributed by atoms with Gasteiger partial charge < -0.3 is 19.3 Å². The van der Waals surface area contributed by atoms with E-state index in [9.17, 15) is 5.11 Å². The van der Waals surface area contributed by atoms with Crippen molar-refractivity contribution < 1.29 is 19.3 Å². The molecule has 1 rings (SSSR count). The predicted molar refractivity (Wildman–Crippen MR) is 61.4 cm³/mol. The van der Waals surface area contributed by atoms with E-state index in [1.165, 1.54) is 0 Å². The lowest BCUT2D eigenvalue weighted by atomic mass is 10.1. The van der Waals surface area contributed by atoms with Gasteiger partial charge in [0, 0.05) is 0 Å². The standard InChI is InChI=1S/C12H24O4/c1-7(2)14-6-10-12(15-8(3)4)11(13)9(5)16-10/h7-13H,6H2,1-5H3/t9-,10+,11+,12?/m0/s1. The minimum absolute atomic E-state index is 0.0788. The van der Waals surface area contributed by atoms with Gasteiger partial charge in [-0.15, -0.1) is 0 Å². The fourth-order valence-corrected chi connectivity index (χ4v) is 1.82. The monoisotopic (exact) mass is 232 g/mol. The molecule has 0 saturated carbocycles. The quantitative estimate of drug-likeness (QED) is 0.777. The maximum atomic E-state index is 9.94. The molecule has 96 valence electrons. The molecule has 0 aromatic heterocycles. The molecule has 1 aliphatic rings. The molecule has 1 fully saturated rings. The van der Waals surface area contributed by atoms with Gasteiger partial charge in [0.05, 0.1) is 24.9 Å². The van der Waals surface area contributed by atoms with Gasteiger partial charge in [0.2, 0.25) is 0 Å².